The summed E-state index contributed by atoms with van der Waals surface area (Å²) < 4.78 is 1.75. The first-order valence-corrected chi connectivity index (χ1v) is 6.25. The third-order valence-electron chi connectivity index (χ3n) is 2.81. The first-order valence-electron chi connectivity index (χ1n) is 6.25. The molecular formula is C12H22N4O. The van der Waals surface area contributed by atoms with Gasteiger partial charge in [-0.3, -0.25) is 9.48 Å². The second kappa shape index (κ2) is 7.06. The molecule has 0 radical (unpaired) electrons. The summed E-state index contributed by atoms with van der Waals surface area (Å²) in [5.74, 6) is -0.0932. The number of likely N-dealkylation sites (N-methyl/N-ethyl adjacent to an activating group) is 1. The van der Waals surface area contributed by atoms with E-state index in [1.807, 2.05) is 13.1 Å². The van der Waals surface area contributed by atoms with Crippen molar-refractivity contribution in [1.82, 2.24) is 20.0 Å². The maximum atomic E-state index is 11.7. The van der Waals surface area contributed by atoms with E-state index in [4.69, 9.17) is 0 Å². The molecule has 5 heteroatoms. The van der Waals surface area contributed by atoms with Crippen LogP contribution >= 0.6 is 0 Å². The monoisotopic (exact) mass is 238 g/mol. The average Bonchev–Trinajstić information content (AvgIpc) is 2.83. The maximum Gasteiger partial charge on any atom is 0.271 e. The minimum Gasteiger partial charge on any atom is -0.349 e. The molecule has 1 amide bonds. The number of carbonyl (C=O) groups is 1. The lowest BCUT2D eigenvalue weighted by atomic mass is 10.4. The second-order valence-electron chi connectivity index (χ2n) is 3.84. The van der Waals surface area contributed by atoms with Crippen molar-refractivity contribution >= 4 is 5.91 Å². The molecule has 0 fully saturated rings. The van der Waals surface area contributed by atoms with Crippen LogP contribution in [0, 0.1) is 0 Å². The van der Waals surface area contributed by atoms with Gasteiger partial charge < -0.3 is 10.2 Å². The minimum absolute atomic E-state index is 0.0932. The zero-order valence-electron chi connectivity index (χ0n) is 10.9. The summed E-state index contributed by atoms with van der Waals surface area (Å²) in [6, 6.07) is 1.75. The molecule has 1 heterocycles. The number of aryl methyl sites for hydroxylation is 1. The van der Waals surface area contributed by atoms with E-state index in [0.717, 1.165) is 26.2 Å². The predicted molar refractivity (Wildman–Crippen MR) is 68.0 cm³/mol. The highest BCUT2D eigenvalue weighted by Gasteiger charge is 2.08. The number of hydrogen-bond acceptors (Lipinski definition) is 3. The van der Waals surface area contributed by atoms with Crippen LogP contribution < -0.4 is 5.32 Å². The van der Waals surface area contributed by atoms with Crippen LogP contribution in [0.25, 0.3) is 0 Å². The van der Waals surface area contributed by atoms with E-state index in [-0.39, 0.29) is 5.91 Å². The van der Waals surface area contributed by atoms with Crippen molar-refractivity contribution in [2.75, 3.05) is 26.2 Å². The molecule has 0 aliphatic rings. The van der Waals surface area contributed by atoms with Crippen LogP contribution in [0.2, 0.25) is 0 Å². The predicted octanol–water partition coefficient (Wildman–Crippen LogP) is 0.975. The summed E-state index contributed by atoms with van der Waals surface area (Å²) in [5, 5.41) is 7.04. The van der Waals surface area contributed by atoms with E-state index < -0.39 is 0 Å². The standard InChI is InChI=1S/C12H22N4O/c1-4-15(5-2)10-8-13-12(17)11-7-9-16(6-3)14-11/h7,9H,4-6,8,10H2,1-3H3,(H,13,17). The fraction of sp³-hybridized carbons (Fsp3) is 0.667. The molecule has 1 aromatic heterocycles. The van der Waals surface area contributed by atoms with Gasteiger partial charge in [0.2, 0.25) is 0 Å². The Balaban J connectivity index is 2.34. The van der Waals surface area contributed by atoms with Crippen LogP contribution in [0.15, 0.2) is 12.3 Å². The van der Waals surface area contributed by atoms with Gasteiger partial charge in [-0.15, -0.1) is 0 Å². The zero-order chi connectivity index (χ0) is 12.7. The normalized spacial score (nSPS) is 10.8. The molecule has 0 unspecified atom stereocenters. The van der Waals surface area contributed by atoms with Crippen molar-refractivity contribution in [2.45, 2.75) is 27.3 Å². The van der Waals surface area contributed by atoms with Gasteiger partial charge >= 0.3 is 0 Å². The van der Waals surface area contributed by atoms with Gasteiger partial charge in [0, 0.05) is 25.8 Å². The Hall–Kier alpha value is -1.36. The fourth-order valence-electron chi connectivity index (χ4n) is 1.62. The number of nitrogens with one attached hydrogen (secondary N) is 1. The van der Waals surface area contributed by atoms with Crippen molar-refractivity contribution in [2.24, 2.45) is 0 Å². The van der Waals surface area contributed by atoms with Crippen molar-refractivity contribution in [1.29, 1.82) is 0 Å². The van der Waals surface area contributed by atoms with Gasteiger partial charge in [-0.05, 0) is 26.1 Å². The summed E-state index contributed by atoms with van der Waals surface area (Å²) in [4.78, 5) is 14.0. The van der Waals surface area contributed by atoms with Gasteiger partial charge in [0.25, 0.3) is 5.91 Å². The lowest BCUT2D eigenvalue weighted by Gasteiger charge is -2.17. The van der Waals surface area contributed by atoms with Gasteiger partial charge in [0.1, 0.15) is 5.69 Å². The quantitative estimate of drug-likeness (QED) is 0.770. The molecular weight excluding hydrogens is 216 g/mol. The third-order valence-corrected chi connectivity index (χ3v) is 2.81. The van der Waals surface area contributed by atoms with E-state index in [2.05, 4.69) is 29.2 Å². The minimum atomic E-state index is -0.0932. The highest BCUT2D eigenvalue weighted by molar-refractivity contribution is 5.92. The molecule has 1 N–H and O–H groups in total. The number of amides is 1. The van der Waals surface area contributed by atoms with E-state index in [0.29, 0.717) is 12.2 Å². The maximum absolute atomic E-state index is 11.7. The molecule has 0 saturated carbocycles. The summed E-state index contributed by atoms with van der Waals surface area (Å²) in [7, 11) is 0. The Morgan fingerprint density at radius 1 is 1.41 bits per heavy atom. The second-order valence-corrected chi connectivity index (χ2v) is 3.84. The molecule has 0 aliphatic carbocycles. The third kappa shape index (κ3) is 4.19. The Morgan fingerprint density at radius 3 is 2.65 bits per heavy atom. The summed E-state index contributed by atoms with van der Waals surface area (Å²) in [6.45, 7) is 10.6. The molecule has 17 heavy (non-hydrogen) atoms. The van der Waals surface area contributed by atoms with Gasteiger partial charge in [0.05, 0.1) is 0 Å². The number of nitrogens with zero attached hydrogens (tertiary/aromatic N) is 3. The highest BCUT2D eigenvalue weighted by atomic mass is 16.1. The van der Waals surface area contributed by atoms with Crippen LogP contribution in [0.5, 0.6) is 0 Å². The van der Waals surface area contributed by atoms with E-state index in [1.54, 1.807) is 10.7 Å². The molecule has 0 spiro atoms. The molecule has 96 valence electrons. The van der Waals surface area contributed by atoms with Crippen LogP contribution in [0.1, 0.15) is 31.3 Å². The van der Waals surface area contributed by atoms with Crippen LogP contribution in [-0.2, 0) is 6.54 Å². The smallest absolute Gasteiger partial charge is 0.271 e. The molecule has 0 atom stereocenters. The molecule has 1 aromatic rings. The number of rotatable bonds is 7. The summed E-state index contributed by atoms with van der Waals surface area (Å²) in [5.41, 5.74) is 0.492. The SMILES string of the molecule is CCN(CC)CCNC(=O)c1ccn(CC)n1. The zero-order valence-corrected chi connectivity index (χ0v) is 10.9. The Labute approximate surface area is 103 Å². The highest BCUT2D eigenvalue weighted by Crippen LogP contribution is 1.95. The van der Waals surface area contributed by atoms with E-state index in [1.165, 1.54) is 0 Å². The average molecular weight is 238 g/mol. The number of carbonyl (C=O) groups excluding carboxylic acids is 1. The Morgan fingerprint density at radius 2 is 2.12 bits per heavy atom. The molecule has 0 saturated heterocycles. The largest absolute Gasteiger partial charge is 0.349 e. The fourth-order valence-corrected chi connectivity index (χ4v) is 1.62. The van der Waals surface area contributed by atoms with Crippen LogP contribution in [0.4, 0.5) is 0 Å². The van der Waals surface area contributed by atoms with Gasteiger partial charge in [-0.1, -0.05) is 13.8 Å². The summed E-state index contributed by atoms with van der Waals surface area (Å²) in [6.07, 6.45) is 1.82. The lowest BCUT2D eigenvalue weighted by Crippen LogP contribution is -2.35. The molecule has 0 aliphatic heterocycles. The first kappa shape index (κ1) is 13.7. The van der Waals surface area contributed by atoms with Crippen molar-refractivity contribution in [3.05, 3.63) is 18.0 Å². The number of aromatic nitrogens is 2. The summed E-state index contributed by atoms with van der Waals surface area (Å²) >= 11 is 0. The lowest BCUT2D eigenvalue weighted by molar-refractivity contribution is 0.0943. The van der Waals surface area contributed by atoms with Gasteiger partial charge in [-0.2, -0.15) is 5.10 Å². The van der Waals surface area contributed by atoms with Crippen LogP contribution in [0.3, 0.4) is 0 Å². The van der Waals surface area contributed by atoms with Crippen molar-refractivity contribution in [3.63, 3.8) is 0 Å². The van der Waals surface area contributed by atoms with E-state index >= 15 is 0 Å². The molecule has 5 nitrogen and oxygen atoms in total. The van der Waals surface area contributed by atoms with Gasteiger partial charge in [0.15, 0.2) is 0 Å². The molecule has 0 aromatic carbocycles. The van der Waals surface area contributed by atoms with Crippen LogP contribution in [-0.4, -0.2) is 46.8 Å². The Bertz CT molecular complexity index is 344. The van der Waals surface area contributed by atoms with Crippen molar-refractivity contribution < 1.29 is 4.79 Å². The first-order chi connectivity index (χ1) is 8.21. The van der Waals surface area contributed by atoms with Crippen molar-refractivity contribution in [3.8, 4) is 0 Å². The Kier molecular flexibility index (Phi) is 5.69. The molecule has 1 rings (SSSR count). The molecule has 0 bridgehead atoms. The van der Waals surface area contributed by atoms with Gasteiger partial charge in [-0.25, -0.2) is 0 Å². The number of hydrogen-bond donors (Lipinski definition) is 1. The van der Waals surface area contributed by atoms with E-state index in [9.17, 15) is 4.79 Å². The topological polar surface area (TPSA) is 50.2 Å².